The van der Waals surface area contributed by atoms with Crippen LogP contribution in [0, 0.1) is 0 Å². The molecule has 0 atom stereocenters. The Bertz CT molecular complexity index is 1130. The minimum atomic E-state index is -0.150. The van der Waals surface area contributed by atoms with Crippen molar-refractivity contribution >= 4 is 23.1 Å². The molecule has 0 amide bonds. The molecular formula is C20H13NO4. The molecule has 1 aliphatic carbocycles. The maximum atomic E-state index is 11.7. The number of benzene rings is 3. The van der Waals surface area contributed by atoms with Crippen LogP contribution in [0.3, 0.4) is 0 Å². The molecule has 0 spiro atoms. The van der Waals surface area contributed by atoms with Gasteiger partial charge in [-0.05, 0) is 30.3 Å². The van der Waals surface area contributed by atoms with Crippen molar-refractivity contribution in [3.63, 3.8) is 0 Å². The zero-order chi connectivity index (χ0) is 17.4. The number of nitrogen functional groups attached to an aromatic ring is 1. The predicted molar refractivity (Wildman–Crippen MR) is 95.6 cm³/mol. The molecule has 0 saturated heterocycles. The van der Waals surface area contributed by atoms with E-state index in [1.165, 1.54) is 12.1 Å². The van der Waals surface area contributed by atoms with Gasteiger partial charge in [0.25, 0.3) is 6.47 Å². The number of hydrogen-bond acceptors (Lipinski definition) is 5. The number of hydrogen-bond donors (Lipinski definition) is 1. The van der Waals surface area contributed by atoms with Gasteiger partial charge in [0, 0.05) is 39.9 Å². The summed E-state index contributed by atoms with van der Waals surface area (Å²) in [4.78, 5) is 22.6. The van der Waals surface area contributed by atoms with Crippen LogP contribution >= 0.6 is 0 Å². The minimum Gasteiger partial charge on any atom is -0.456 e. The molecule has 0 bridgehead atoms. The Hall–Kier alpha value is -3.60. The van der Waals surface area contributed by atoms with E-state index in [-0.39, 0.29) is 5.43 Å². The van der Waals surface area contributed by atoms with E-state index in [1.807, 2.05) is 18.2 Å². The maximum Gasteiger partial charge on any atom is 0.298 e. The van der Waals surface area contributed by atoms with E-state index < -0.39 is 0 Å². The third-order valence-corrected chi connectivity index (χ3v) is 4.05. The molecule has 2 N–H and O–H groups in total. The molecule has 2 aromatic carbocycles. The molecule has 122 valence electrons. The average molecular weight is 331 g/mol. The van der Waals surface area contributed by atoms with Crippen molar-refractivity contribution in [2.45, 2.75) is 0 Å². The Kier molecular flexibility index (Phi) is 3.47. The van der Waals surface area contributed by atoms with Gasteiger partial charge in [0.05, 0.1) is 0 Å². The fraction of sp³-hybridized carbons (Fsp3) is 0. The summed E-state index contributed by atoms with van der Waals surface area (Å²) in [5, 5.41) is 0.808. The first kappa shape index (κ1) is 15.0. The fourth-order valence-electron chi connectivity index (χ4n) is 3.01. The summed E-state index contributed by atoms with van der Waals surface area (Å²) in [7, 11) is 0. The summed E-state index contributed by atoms with van der Waals surface area (Å²) in [5.74, 6) is 0.871. The van der Waals surface area contributed by atoms with Crippen LogP contribution in [-0.2, 0) is 4.79 Å². The maximum absolute atomic E-state index is 11.7. The second-order valence-electron chi connectivity index (χ2n) is 5.60. The van der Waals surface area contributed by atoms with Crippen LogP contribution in [0.1, 0.15) is 0 Å². The van der Waals surface area contributed by atoms with Gasteiger partial charge in [-0.1, -0.05) is 18.2 Å². The highest BCUT2D eigenvalue weighted by atomic mass is 16.5. The molecule has 5 heteroatoms. The lowest BCUT2D eigenvalue weighted by molar-refractivity contribution is -0.120. The van der Waals surface area contributed by atoms with Crippen LogP contribution in [0.2, 0.25) is 0 Å². The van der Waals surface area contributed by atoms with E-state index in [0.29, 0.717) is 29.3 Å². The third kappa shape index (κ3) is 2.52. The molecule has 0 saturated carbocycles. The zero-order valence-electron chi connectivity index (χ0n) is 13.1. The second kappa shape index (κ2) is 5.79. The number of anilines is 1. The highest BCUT2D eigenvalue weighted by molar-refractivity contribution is 6.03. The second-order valence-corrected chi connectivity index (χ2v) is 5.60. The molecule has 5 nitrogen and oxygen atoms in total. The summed E-state index contributed by atoms with van der Waals surface area (Å²) in [5.41, 5.74) is 9.11. The zero-order valence-corrected chi connectivity index (χ0v) is 13.1. The number of nitrogens with two attached hydrogens (primary N) is 1. The summed E-state index contributed by atoms with van der Waals surface area (Å²) in [6, 6.07) is 17.2. The molecule has 0 fully saturated rings. The van der Waals surface area contributed by atoms with E-state index in [4.69, 9.17) is 14.9 Å². The summed E-state index contributed by atoms with van der Waals surface area (Å²) in [6.07, 6.45) is 0. The number of carbonyl (C=O) groups is 1. The minimum absolute atomic E-state index is 0.150. The fourth-order valence-corrected chi connectivity index (χ4v) is 3.01. The lowest BCUT2D eigenvalue weighted by Gasteiger charge is -2.16. The first-order valence-electron chi connectivity index (χ1n) is 7.63. The highest BCUT2D eigenvalue weighted by Gasteiger charge is 2.19. The van der Waals surface area contributed by atoms with Gasteiger partial charge in [0.15, 0.2) is 5.43 Å². The van der Waals surface area contributed by atoms with Crippen molar-refractivity contribution < 1.29 is 13.9 Å². The van der Waals surface area contributed by atoms with Crippen molar-refractivity contribution in [1.29, 1.82) is 0 Å². The number of para-hydroxylation sites is 1. The van der Waals surface area contributed by atoms with E-state index >= 15 is 0 Å². The molecular weight excluding hydrogens is 318 g/mol. The smallest absolute Gasteiger partial charge is 0.298 e. The number of fused-ring (bicyclic) bond motifs is 2. The first-order chi connectivity index (χ1) is 12.2. The molecule has 25 heavy (non-hydrogen) atoms. The predicted octanol–water partition coefficient (Wildman–Crippen LogP) is 3.68. The van der Waals surface area contributed by atoms with Crippen LogP contribution < -0.4 is 15.9 Å². The lowest BCUT2D eigenvalue weighted by Crippen LogP contribution is -2.01. The normalized spacial score (nSPS) is 10.9. The van der Waals surface area contributed by atoms with Gasteiger partial charge in [-0.2, -0.15) is 0 Å². The van der Waals surface area contributed by atoms with Crippen molar-refractivity contribution in [3.8, 4) is 28.2 Å². The Morgan fingerprint density at radius 2 is 1.80 bits per heavy atom. The highest BCUT2D eigenvalue weighted by Crippen LogP contribution is 2.43. The molecule has 1 heterocycles. The van der Waals surface area contributed by atoms with Crippen molar-refractivity contribution in [2.75, 3.05) is 5.73 Å². The van der Waals surface area contributed by atoms with Gasteiger partial charge in [-0.25, -0.2) is 0 Å². The summed E-state index contributed by atoms with van der Waals surface area (Å²) >= 11 is 0. The molecule has 0 aromatic heterocycles. The summed E-state index contributed by atoms with van der Waals surface area (Å²) in [6.45, 7) is 0.393. The topological polar surface area (TPSA) is 82.5 Å². The van der Waals surface area contributed by atoms with Crippen molar-refractivity contribution in [3.05, 3.63) is 70.9 Å². The van der Waals surface area contributed by atoms with E-state index in [2.05, 4.69) is 0 Å². The number of ether oxygens (including phenoxy) is 1. The van der Waals surface area contributed by atoms with Crippen LogP contribution in [-0.4, -0.2) is 6.47 Å². The van der Waals surface area contributed by atoms with Gasteiger partial charge in [-0.15, -0.1) is 0 Å². The molecule has 2 aliphatic rings. The van der Waals surface area contributed by atoms with Crippen molar-refractivity contribution in [2.24, 2.45) is 0 Å². The standard InChI is InChI=1S/C20H13NO4/c21-12-5-7-15-18(9-12)25-19-10-13(23)6-8-16(19)20(15)14-3-1-2-4-17(14)24-11-22/h1-11H,21H2. The largest absolute Gasteiger partial charge is 0.456 e. The molecule has 0 unspecified atom stereocenters. The van der Waals surface area contributed by atoms with Crippen molar-refractivity contribution in [1.82, 2.24) is 0 Å². The van der Waals surface area contributed by atoms with Gasteiger partial charge in [0.1, 0.15) is 17.1 Å². The summed E-state index contributed by atoms with van der Waals surface area (Å²) < 4.78 is 11.0. The van der Waals surface area contributed by atoms with Gasteiger partial charge in [-0.3, -0.25) is 9.59 Å². The van der Waals surface area contributed by atoms with Crippen LogP contribution in [0.5, 0.6) is 5.75 Å². The molecule has 4 rings (SSSR count). The molecule has 1 aliphatic heterocycles. The monoisotopic (exact) mass is 331 g/mol. The third-order valence-electron chi connectivity index (χ3n) is 4.05. The van der Waals surface area contributed by atoms with E-state index in [9.17, 15) is 9.59 Å². The Balaban J connectivity index is 2.18. The Morgan fingerprint density at radius 1 is 0.960 bits per heavy atom. The van der Waals surface area contributed by atoms with E-state index in [0.717, 1.165) is 22.1 Å². The SMILES string of the molecule is Nc1ccc2c(-c3ccccc3OC=O)c3ccc(=O)cc-3oc2c1. The van der Waals surface area contributed by atoms with Gasteiger partial charge in [0.2, 0.25) is 0 Å². The molecule has 2 aromatic rings. The van der Waals surface area contributed by atoms with E-state index in [1.54, 1.807) is 30.3 Å². The van der Waals surface area contributed by atoms with Crippen LogP contribution in [0.15, 0.2) is 69.9 Å². The molecule has 0 radical (unpaired) electrons. The van der Waals surface area contributed by atoms with Gasteiger partial charge >= 0.3 is 0 Å². The van der Waals surface area contributed by atoms with Crippen LogP contribution in [0.4, 0.5) is 5.69 Å². The number of rotatable bonds is 3. The average Bonchev–Trinajstić information content (AvgIpc) is 2.60. The Morgan fingerprint density at radius 3 is 2.64 bits per heavy atom. The van der Waals surface area contributed by atoms with Gasteiger partial charge < -0.3 is 14.9 Å². The number of carbonyl (C=O) groups excluding carboxylic acids is 1. The Labute approximate surface area is 142 Å². The quantitative estimate of drug-likeness (QED) is 0.352. The lowest BCUT2D eigenvalue weighted by atomic mass is 9.93. The first-order valence-corrected chi connectivity index (χ1v) is 7.63. The van der Waals surface area contributed by atoms with Crippen LogP contribution in [0.25, 0.3) is 33.4 Å².